The minimum Gasteiger partial charge on any atom is -0.349 e. The lowest BCUT2D eigenvalue weighted by Crippen LogP contribution is -2.25. The maximum Gasteiger partial charge on any atom is 0.251 e. The van der Waals surface area contributed by atoms with E-state index in [2.05, 4.69) is 10.3 Å². The number of carbonyl (C=O) groups excluding carboxylic acids is 1. The molecule has 1 aromatic carbocycles. The number of hydrogen-bond acceptors (Lipinski definition) is 3. The van der Waals surface area contributed by atoms with Crippen molar-refractivity contribution in [2.24, 2.45) is 7.05 Å². The number of rotatable bonds is 5. The first-order chi connectivity index (χ1) is 9.72. The summed E-state index contributed by atoms with van der Waals surface area (Å²) in [5.74, 6) is 0.853. The van der Waals surface area contributed by atoms with Crippen molar-refractivity contribution in [3.05, 3.63) is 47.8 Å². The molecule has 4 nitrogen and oxygen atoms in total. The van der Waals surface area contributed by atoms with Crippen LogP contribution in [0.4, 0.5) is 0 Å². The van der Waals surface area contributed by atoms with Crippen LogP contribution < -0.4 is 5.32 Å². The van der Waals surface area contributed by atoms with Crippen LogP contribution in [-0.4, -0.2) is 21.5 Å². The summed E-state index contributed by atoms with van der Waals surface area (Å²) >= 11 is 1.67. The fourth-order valence-electron chi connectivity index (χ4n) is 1.94. The molecule has 0 atom stereocenters. The number of imidazole rings is 1. The Balaban J connectivity index is 1.64. The Morgan fingerprint density at radius 1 is 1.50 bits per heavy atom. The minimum absolute atomic E-state index is 0.0383. The van der Waals surface area contributed by atoms with E-state index in [0.717, 1.165) is 34.9 Å². The van der Waals surface area contributed by atoms with Gasteiger partial charge in [-0.25, -0.2) is 4.98 Å². The third kappa shape index (κ3) is 3.22. The summed E-state index contributed by atoms with van der Waals surface area (Å²) in [6.07, 6.45) is 5.95. The first-order valence-electron chi connectivity index (χ1n) is 6.72. The van der Waals surface area contributed by atoms with Gasteiger partial charge in [-0.1, -0.05) is 23.9 Å². The van der Waals surface area contributed by atoms with Gasteiger partial charge in [-0.05, 0) is 30.5 Å². The summed E-state index contributed by atoms with van der Waals surface area (Å²) in [5, 5.41) is 4.00. The molecule has 0 saturated heterocycles. The van der Waals surface area contributed by atoms with Crippen LogP contribution in [0.3, 0.4) is 0 Å². The van der Waals surface area contributed by atoms with Crippen molar-refractivity contribution < 1.29 is 4.79 Å². The highest BCUT2D eigenvalue weighted by atomic mass is 32.2. The molecule has 1 N–H and O–H groups in total. The summed E-state index contributed by atoms with van der Waals surface area (Å²) in [4.78, 5) is 16.3. The lowest BCUT2D eigenvalue weighted by atomic mass is 10.1. The molecule has 1 saturated carbocycles. The fraction of sp³-hybridized carbons (Fsp3) is 0.333. The molecule has 1 fully saturated rings. The first kappa shape index (κ1) is 13.2. The van der Waals surface area contributed by atoms with Crippen LogP contribution in [0, 0.1) is 0 Å². The first-order valence-corrected chi connectivity index (χ1v) is 7.71. The van der Waals surface area contributed by atoms with Crippen molar-refractivity contribution in [1.29, 1.82) is 0 Å². The van der Waals surface area contributed by atoms with E-state index in [1.54, 1.807) is 18.0 Å². The van der Waals surface area contributed by atoms with Crippen LogP contribution in [0.2, 0.25) is 0 Å². The van der Waals surface area contributed by atoms with Crippen molar-refractivity contribution in [3.8, 4) is 0 Å². The van der Waals surface area contributed by atoms with Crippen molar-refractivity contribution >= 4 is 17.7 Å². The number of carbonyl (C=O) groups is 1. The number of amides is 1. The van der Waals surface area contributed by atoms with Gasteiger partial charge >= 0.3 is 0 Å². The topological polar surface area (TPSA) is 46.9 Å². The molecule has 0 radical (unpaired) electrons. The number of nitrogens with zero attached hydrogens (tertiary/aromatic N) is 2. The molecule has 1 aliphatic carbocycles. The monoisotopic (exact) mass is 287 g/mol. The lowest BCUT2D eigenvalue weighted by Gasteiger charge is -2.06. The van der Waals surface area contributed by atoms with Gasteiger partial charge < -0.3 is 9.88 Å². The Hall–Kier alpha value is -1.75. The fourth-order valence-corrected chi connectivity index (χ4v) is 2.81. The average molecular weight is 287 g/mol. The summed E-state index contributed by atoms with van der Waals surface area (Å²) in [7, 11) is 1.98. The van der Waals surface area contributed by atoms with E-state index < -0.39 is 0 Å². The molecule has 1 amide bonds. The maximum atomic E-state index is 12.0. The van der Waals surface area contributed by atoms with Gasteiger partial charge in [0.15, 0.2) is 5.16 Å². The second kappa shape index (κ2) is 5.71. The number of aromatic nitrogens is 2. The zero-order valence-corrected chi connectivity index (χ0v) is 12.2. The molecule has 1 heterocycles. The van der Waals surface area contributed by atoms with Gasteiger partial charge in [0.2, 0.25) is 0 Å². The predicted octanol–water partition coefficient (Wildman–Crippen LogP) is 2.60. The highest BCUT2D eigenvalue weighted by Gasteiger charge is 2.23. The largest absolute Gasteiger partial charge is 0.349 e. The Morgan fingerprint density at radius 2 is 2.35 bits per heavy atom. The predicted molar refractivity (Wildman–Crippen MR) is 79.7 cm³/mol. The van der Waals surface area contributed by atoms with Crippen molar-refractivity contribution in [3.63, 3.8) is 0 Å². The quantitative estimate of drug-likeness (QED) is 0.860. The van der Waals surface area contributed by atoms with Gasteiger partial charge in [-0.2, -0.15) is 0 Å². The highest BCUT2D eigenvalue weighted by Crippen LogP contribution is 2.22. The molecule has 1 aliphatic rings. The molecular formula is C15H17N3OS. The van der Waals surface area contributed by atoms with Gasteiger partial charge in [0, 0.05) is 36.8 Å². The molecule has 0 bridgehead atoms. The number of aryl methyl sites for hydroxylation is 1. The van der Waals surface area contributed by atoms with Crippen LogP contribution in [0.25, 0.3) is 0 Å². The van der Waals surface area contributed by atoms with Crippen LogP contribution in [0.1, 0.15) is 28.8 Å². The lowest BCUT2D eigenvalue weighted by molar-refractivity contribution is 0.0951. The van der Waals surface area contributed by atoms with Crippen LogP contribution in [-0.2, 0) is 12.8 Å². The molecule has 3 rings (SSSR count). The molecule has 5 heteroatoms. The zero-order chi connectivity index (χ0) is 13.9. The van der Waals surface area contributed by atoms with E-state index in [9.17, 15) is 4.79 Å². The van der Waals surface area contributed by atoms with E-state index in [-0.39, 0.29) is 5.91 Å². The van der Waals surface area contributed by atoms with Crippen LogP contribution >= 0.6 is 11.8 Å². The van der Waals surface area contributed by atoms with Gasteiger partial charge in [0.25, 0.3) is 5.91 Å². The van der Waals surface area contributed by atoms with Gasteiger partial charge in [-0.3, -0.25) is 4.79 Å². The molecule has 1 aromatic heterocycles. The summed E-state index contributed by atoms with van der Waals surface area (Å²) < 4.78 is 1.99. The standard InChI is InChI=1S/C15H17N3OS/c1-18-8-7-16-15(18)20-10-11-3-2-4-12(9-11)14(19)17-13-5-6-13/h2-4,7-9,13H,5-6,10H2,1H3,(H,17,19). The maximum absolute atomic E-state index is 12.0. The second-order valence-electron chi connectivity index (χ2n) is 5.06. The number of hydrogen-bond donors (Lipinski definition) is 1. The Morgan fingerprint density at radius 3 is 3.05 bits per heavy atom. The van der Waals surface area contributed by atoms with E-state index >= 15 is 0 Å². The summed E-state index contributed by atoms with van der Waals surface area (Å²) in [6, 6.07) is 8.22. The van der Waals surface area contributed by atoms with Gasteiger partial charge in [-0.15, -0.1) is 0 Å². The second-order valence-corrected chi connectivity index (χ2v) is 6.00. The Kier molecular flexibility index (Phi) is 3.78. The minimum atomic E-state index is 0.0383. The van der Waals surface area contributed by atoms with Crippen molar-refractivity contribution in [2.75, 3.05) is 0 Å². The third-order valence-corrected chi connectivity index (χ3v) is 4.38. The van der Waals surface area contributed by atoms with E-state index in [1.165, 1.54) is 0 Å². The molecule has 0 unspecified atom stereocenters. The van der Waals surface area contributed by atoms with Crippen LogP contribution in [0.15, 0.2) is 41.8 Å². The normalized spacial score (nSPS) is 14.2. The van der Waals surface area contributed by atoms with E-state index in [4.69, 9.17) is 0 Å². The summed E-state index contributed by atoms with van der Waals surface area (Å²) in [6.45, 7) is 0. The zero-order valence-electron chi connectivity index (χ0n) is 11.4. The SMILES string of the molecule is Cn1ccnc1SCc1cccc(C(=O)NC2CC2)c1. The van der Waals surface area contributed by atoms with Gasteiger partial charge in [0.05, 0.1) is 0 Å². The molecule has 104 valence electrons. The van der Waals surface area contributed by atoms with Crippen molar-refractivity contribution in [2.45, 2.75) is 29.8 Å². The highest BCUT2D eigenvalue weighted by molar-refractivity contribution is 7.98. The number of benzene rings is 1. The molecular weight excluding hydrogens is 270 g/mol. The molecule has 20 heavy (non-hydrogen) atoms. The van der Waals surface area contributed by atoms with E-state index in [0.29, 0.717) is 6.04 Å². The van der Waals surface area contributed by atoms with Crippen molar-refractivity contribution in [1.82, 2.24) is 14.9 Å². The Bertz CT molecular complexity index is 619. The number of thioether (sulfide) groups is 1. The molecule has 0 aliphatic heterocycles. The van der Waals surface area contributed by atoms with Gasteiger partial charge in [0.1, 0.15) is 0 Å². The van der Waals surface area contributed by atoms with E-state index in [1.807, 2.05) is 42.1 Å². The molecule has 2 aromatic rings. The third-order valence-electron chi connectivity index (χ3n) is 3.25. The average Bonchev–Trinajstić information content (AvgIpc) is 3.17. The smallest absolute Gasteiger partial charge is 0.251 e. The molecule has 0 spiro atoms. The number of nitrogens with one attached hydrogen (secondary N) is 1. The van der Waals surface area contributed by atoms with Crippen LogP contribution in [0.5, 0.6) is 0 Å². The summed E-state index contributed by atoms with van der Waals surface area (Å²) in [5.41, 5.74) is 1.89. The Labute approximate surface area is 122 Å².